The number of hydrogen-bond acceptors (Lipinski definition) is 3. The first-order chi connectivity index (χ1) is 9.13. The Balaban J connectivity index is 1.85. The lowest BCUT2D eigenvalue weighted by Crippen LogP contribution is -2.06. The van der Waals surface area contributed by atoms with Crippen molar-refractivity contribution in [2.75, 3.05) is 5.32 Å². The molecular formula is C15H17N3O. The van der Waals surface area contributed by atoms with Crippen LogP contribution >= 0.6 is 0 Å². The first-order valence-electron chi connectivity index (χ1n) is 6.40. The molecule has 0 aliphatic rings. The maximum Gasteiger partial charge on any atom is 0.106 e. The second-order valence-electron chi connectivity index (χ2n) is 4.91. The molecule has 98 valence electrons. The molecule has 1 unspecified atom stereocenters. The summed E-state index contributed by atoms with van der Waals surface area (Å²) in [6.45, 7) is 6.11. The van der Waals surface area contributed by atoms with E-state index in [2.05, 4.69) is 40.6 Å². The topological polar surface area (TPSA) is 53.9 Å². The van der Waals surface area contributed by atoms with E-state index in [1.54, 1.807) is 0 Å². The lowest BCUT2D eigenvalue weighted by atomic mass is 10.1. The van der Waals surface area contributed by atoms with Crippen LogP contribution in [0, 0.1) is 13.8 Å². The maximum atomic E-state index is 5.58. The van der Waals surface area contributed by atoms with Crippen LogP contribution in [-0.2, 0) is 0 Å². The highest BCUT2D eigenvalue weighted by molar-refractivity contribution is 5.81. The van der Waals surface area contributed by atoms with Gasteiger partial charge in [0.1, 0.15) is 11.5 Å². The molecule has 0 fully saturated rings. The lowest BCUT2D eigenvalue weighted by molar-refractivity contribution is 0.500. The number of benzene rings is 1. The highest BCUT2D eigenvalue weighted by Crippen LogP contribution is 2.26. The van der Waals surface area contributed by atoms with Crippen molar-refractivity contribution >= 4 is 16.6 Å². The predicted molar refractivity (Wildman–Crippen MR) is 76.3 cm³/mol. The molecule has 3 aromatic rings. The van der Waals surface area contributed by atoms with Gasteiger partial charge in [-0.15, -0.1) is 0 Å². The summed E-state index contributed by atoms with van der Waals surface area (Å²) in [7, 11) is 0. The van der Waals surface area contributed by atoms with E-state index in [-0.39, 0.29) is 6.04 Å². The van der Waals surface area contributed by atoms with Gasteiger partial charge in [-0.1, -0.05) is 0 Å². The number of fused-ring (bicyclic) bond motifs is 1. The van der Waals surface area contributed by atoms with Crippen LogP contribution in [0.15, 0.2) is 34.9 Å². The number of H-pyrrole nitrogens is 1. The van der Waals surface area contributed by atoms with E-state index >= 15 is 0 Å². The van der Waals surface area contributed by atoms with E-state index in [4.69, 9.17) is 4.42 Å². The lowest BCUT2D eigenvalue weighted by Gasteiger charge is -2.14. The summed E-state index contributed by atoms with van der Waals surface area (Å²) in [5.41, 5.74) is 3.33. The van der Waals surface area contributed by atoms with Gasteiger partial charge in [0, 0.05) is 16.6 Å². The quantitative estimate of drug-likeness (QED) is 0.745. The highest BCUT2D eigenvalue weighted by atomic mass is 16.3. The molecular weight excluding hydrogens is 238 g/mol. The Bertz CT molecular complexity index is 711. The first kappa shape index (κ1) is 11.8. The van der Waals surface area contributed by atoms with Crippen molar-refractivity contribution < 1.29 is 4.42 Å². The van der Waals surface area contributed by atoms with Crippen LogP contribution in [0.1, 0.15) is 30.0 Å². The third-order valence-corrected chi connectivity index (χ3v) is 3.37. The Hall–Kier alpha value is -2.23. The number of nitrogens with one attached hydrogen (secondary N) is 2. The molecule has 2 N–H and O–H groups in total. The normalized spacial score (nSPS) is 12.8. The van der Waals surface area contributed by atoms with Gasteiger partial charge in [-0.25, -0.2) is 0 Å². The predicted octanol–water partition coefficient (Wildman–Crippen LogP) is 3.95. The number of aryl methyl sites for hydroxylation is 2. The van der Waals surface area contributed by atoms with Crippen LogP contribution < -0.4 is 5.32 Å². The van der Waals surface area contributed by atoms with Crippen molar-refractivity contribution in [1.82, 2.24) is 10.2 Å². The van der Waals surface area contributed by atoms with Crippen LogP contribution in [0.2, 0.25) is 0 Å². The summed E-state index contributed by atoms with van der Waals surface area (Å²) in [5, 5.41) is 11.6. The SMILES string of the molecule is Cc1cc(C(C)Nc2ccc3[nH]ncc3c2)c(C)o1. The van der Waals surface area contributed by atoms with Crippen LogP contribution in [0.25, 0.3) is 10.9 Å². The minimum Gasteiger partial charge on any atom is -0.466 e. The van der Waals surface area contributed by atoms with E-state index < -0.39 is 0 Å². The van der Waals surface area contributed by atoms with Crippen LogP contribution in [0.3, 0.4) is 0 Å². The minimum atomic E-state index is 0.210. The van der Waals surface area contributed by atoms with E-state index in [0.29, 0.717) is 0 Å². The smallest absolute Gasteiger partial charge is 0.106 e. The van der Waals surface area contributed by atoms with E-state index in [1.807, 2.05) is 26.1 Å². The summed E-state index contributed by atoms with van der Waals surface area (Å²) in [6, 6.07) is 8.48. The number of hydrogen-bond donors (Lipinski definition) is 2. The molecule has 4 nitrogen and oxygen atoms in total. The first-order valence-corrected chi connectivity index (χ1v) is 6.40. The third-order valence-electron chi connectivity index (χ3n) is 3.37. The number of nitrogens with zero attached hydrogens (tertiary/aromatic N) is 1. The van der Waals surface area contributed by atoms with Gasteiger partial charge >= 0.3 is 0 Å². The number of anilines is 1. The largest absolute Gasteiger partial charge is 0.466 e. The van der Waals surface area contributed by atoms with Crippen LogP contribution in [0.4, 0.5) is 5.69 Å². The summed E-state index contributed by atoms with van der Waals surface area (Å²) >= 11 is 0. The van der Waals surface area contributed by atoms with Gasteiger partial charge in [0.25, 0.3) is 0 Å². The zero-order valence-electron chi connectivity index (χ0n) is 11.3. The highest BCUT2D eigenvalue weighted by Gasteiger charge is 2.12. The molecule has 2 aromatic heterocycles. The van der Waals surface area contributed by atoms with Gasteiger partial charge in [0.05, 0.1) is 17.8 Å². The van der Waals surface area contributed by atoms with Gasteiger partial charge in [-0.05, 0) is 45.0 Å². The monoisotopic (exact) mass is 255 g/mol. The number of aromatic amines is 1. The molecule has 0 aliphatic carbocycles. The van der Waals surface area contributed by atoms with Crippen molar-refractivity contribution in [2.24, 2.45) is 0 Å². The molecule has 0 saturated carbocycles. The fourth-order valence-electron chi connectivity index (χ4n) is 2.44. The van der Waals surface area contributed by atoms with Crippen molar-refractivity contribution in [3.63, 3.8) is 0 Å². The molecule has 1 aromatic carbocycles. The summed E-state index contributed by atoms with van der Waals surface area (Å²) in [4.78, 5) is 0. The fraction of sp³-hybridized carbons (Fsp3) is 0.267. The Kier molecular flexibility index (Phi) is 2.78. The summed E-state index contributed by atoms with van der Waals surface area (Å²) in [5.74, 6) is 1.92. The molecule has 0 amide bonds. The molecule has 4 heteroatoms. The summed E-state index contributed by atoms with van der Waals surface area (Å²) in [6.07, 6.45) is 1.83. The van der Waals surface area contributed by atoms with Crippen molar-refractivity contribution in [1.29, 1.82) is 0 Å². The zero-order valence-corrected chi connectivity index (χ0v) is 11.3. The molecule has 0 aliphatic heterocycles. The van der Waals surface area contributed by atoms with Crippen LogP contribution in [0.5, 0.6) is 0 Å². The minimum absolute atomic E-state index is 0.210. The molecule has 0 spiro atoms. The van der Waals surface area contributed by atoms with Gasteiger partial charge in [0.2, 0.25) is 0 Å². The molecule has 2 heterocycles. The van der Waals surface area contributed by atoms with E-state index in [1.165, 1.54) is 5.56 Å². The molecule has 3 rings (SSSR count). The van der Waals surface area contributed by atoms with Crippen molar-refractivity contribution in [3.8, 4) is 0 Å². The maximum absolute atomic E-state index is 5.58. The molecule has 0 bridgehead atoms. The van der Waals surface area contributed by atoms with Gasteiger partial charge < -0.3 is 9.73 Å². The Morgan fingerprint density at radius 1 is 1.26 bits per heavy atom. The zero-order chi connectivity index (χ0) is 13.4. The number of furan rings is 1. The second-order valence-corrected chi connectivity index (χ2v) is 4.91. The van der Waals surface area contributed by atoms with Crippen molar-refractivity contribution in [2.45, 2.75) is 26.8 Å². The number of aromatic nitrogens is 2. The second kappa shape index (κ2) is 4.46. The van der Waals surface area contributed by atoms with Gasteiger partial charge in [-0.3, -0.25) is 5.10 Å². The number of rotatable bonds is 3. The molecule has 0 radical (unpaired) electrons. The average Bonchev–Trinajstić information content (AvgIpc) is 2.94. The van der Waals surface area contributed by atoms with Gasteiger partial charge in [0.15, 0.2) is 0 Å². The Morgan fingerprint density at radius 2 is 2.11 bits per heavy atom. The summed E-state index contributed by atoms with van der Waals surface area (Å²) < 4.78 is 5.58. The third kappa shape index (κ3) is 2.21. The fourth-order valence-corrected chi connectivity index (χ4v) is 2.44. The Morgan fingerprint density at radius 3 is 2.84 bits per heavy atom. The standard InChI is InChI=1S/C15H17N3O/c1-9-6-14(11(3)19-9)10(2)17-13-4-5-15-12(7-13)8-16-18-15/h4-8,10,17H,1-3H3,(H,16,18). The molecule has 1 atom stereocenters. The van der Waals surface area contributed by atoms with E-state index in [9.17, 15) is 0 Å². The van der Waals surface area contributed by atoms with E-state index in [0.717, 1.165) is 28.1 Å². The van der Waals surface area contributed by atoms with Gasteiger partial charge in [-0.2, -0.15) is 5.10 Å². The van der Waals surface area contributed by atoms with Crippen LogP contribution in [-0.4, -0.2) is 10.2 Å². The molecule has 0 saturated heterocycles. The Labute approximate surface area is 111 Å². The average molecular weight is 255 g/mol. The molecule has 19 heavy (non-hydrogen) atoms. The van der Waals surface area contributed by atoms with Crippen molar-refractivity contribution in [3.05, 3.63) is 47.5 Å².